The van der Waals surface area contributed by atoms with Crippen LogP contribution in [0, 0.1) is 111 Å². The van der Waals surface area contributed by atoms with Crippen molar-refractivity contribution in [2.45, 2.75) is 235 Å². The van der Waals surface area contributed by atoms with Gasteiger partial charge in [0, 0.05) is 56.5 Å². The summed E-state index contributed by atoms with van der Waals surface area (Å²) in [6.07, 6.45) is 8.33. The van der Waals surface area contributed by atoms with E-state index in [0.717, 1.165) is 79.9 Å². The van der Waals surface area contributed by atoms with Crippen molar-refractivity contribution in [2.24, 2.45) is 0 Å². The van der Waals surface area contributed by atoms with Crippen molar-refractivity contribution in [3.8, 4) is 0 Å². The Morgan fingerprint density at radius 1 is 0.304 bits per heavy atom. The summed E-state index contributed by atoms with van der Waals surface area (Å²) in [6, 6.07) is 37.8. The second kappa shape index (κ2) is 63.1. The fraction of sp³-hybridized carbons (Fsp3) is 0.430. The van der Waals surface area contributed by atoms with Crippen LogP contribution in [0.15, 0.2) is 145 Å². The number of thiophene rings is 1. The molecule has 0 N–H and O–H groups in total. The molecule has 0 aliphatic carbocycles. The predicted molar refractivity (Wildman–Crippen MR) is 408 cm³/mol. The number of nitrogens with zero attached hydrogens (tertiary/aromatic N) is 11. The van der Waals surface area contributed by atoms with Gasteiger partial charge in [-0.2, -0.15) is 0 Å². The summed E-state index contributed by atoms with van der Waals surface area (Å²) in [4.78, 5) is 46.9. The van der Waals surface area contributed by atoms with Crippen LogP contribution in [-0.4, -0.2) is 54.8 Å². The molecule has 7 heterocycles. The zero-order valence-corrected chi connectivity index (χ0v) is 64.8. The first-order valence-electron chi connectivity index (χ1n) is 33.3. The van der Waals surface area contributed by atoms with Gasteiger partial charge >= 0.3 is 0 Å². The summed E-state index contributed by atoms with van der Waals surface area (Å²) in [5.41, 5.74) is 9.75. The van der Waals surface area contributed by atoms with E-state index >= 15 is 0 Å². The summed E-state index contributed by atoms with van der Waals surface area (Å²) in [5.74, 6) is 5.20. The Labute approximate surface area is 565 Å². The van der Waals surface area contributed by atoms with Gasteiger partial charge in [-0.05, 0) is 175 Å². The summed E-state index contributed by atoms with van der Waals surface area (Å²) >= 11 is 1.84. The smallest absolute Gasteiger partial charge is 0.129 e. The fourth-order valence-corrected chi connectivity index (χ4v) is 7.82. The van der Waals surface area contributed by atoms with Gasteiger partial charge in [0.05, 0.1) is 16.9 Å². The number of fused-ring (bicyclic) bond motifs is 4. The van der Waals surface area contributed by atoms with E-state index in [-0.39, 0.29) is 0 Å². The van der Waals surface area contributed by atoms with Crippen LogP contribution in [-0.2, 0) is 0 Å². The maximum atomic E-state index is 5.08. The van der Waals surface area contributed by atoms with Crippen LogP contribution in [0.3, 0.4) is 0 Å². The lowest BCUT2D eigenvalue weighted by Gasteiger charge is -2.05. The van der Waals surface area contributed by atoms with E-state index in [1.807, 2.05) is 268 Å². The van der Waals surface area contributed by atoms with Crippen molar-refractivity contribution in [1.82, 2.24) is 54.8 Å². The van der Waals surface area contributed by atoms with Gasteiger partial charge in [0.15, 0.2) is 0 Å². The molecule has 0 spiro atoms. The highest BCUT2D eigenvalue weighted by atomic mass is 32.1. The van der Waals surface area contributed by atoms with E-state index in [1.54, 1.807) is 24.9 Å². The van der Waals surface area contributed by atoms with E-state index < -0.39 is 0 Å². The van der Waals surface area contributed by atoms with Crippen molar-refractivity contribution < 1.29 is 4.42 Å². The summed E-state index contributed by atoms with van der Waals surface area (Å²) < 4.78 is 5.08. The third kappa shape index (κ3) is 46.1. The van der Waals surface area contributed by atoms with Gasteiger partial charge in [-0.3, -0.25) is 9.97 Å². The Kier molecular flexibility index (Phi) is 65.2. The number of rotatable bonds is 0. The molecule has 0 bridgehead atoms. The number of benzene rings is 4. The van der Waals surface area contributed by atoms with Gasteiger partial charge < -0.3 is 4.42 Å². The van der Waals surface area contributed by atoms with Crippen LogP contribution >= 0.6 is 11.3 Å². The predicted octanol–water partition coefficient (Wildman–Crippen LogP) is 24.1. The van der Waals surface area contributed by atoms with E-state index in [4.69, 9.17) is 4.42 Å². The van der Waals surface area contributed by atoms with Gasteiger partial charge in [-0.15, -0.1) is 11.3 Å². The molecule has 7 aromatic heterocycles. The van der Waals surface area contributed by atoms with Crippen LogP contribution in [0.5, 0.6) is 0 Å². The van der Waals surface area contributed by atoms with Crippen LogP contribution in [0.4, 0.5) is 0 Å². The standard InChI is InChI=1S/C16H14.C10H10N2.3C6H8N2.C6H8O.C6H8S.C5H7N3.9C2H6/c1-11-3-7-15-13(9-11)5-6-14-10-12(2)4-8-16(14)15;1-7-9-5-3-4-6-10(9)12-8(2)11-7;1-5-3-7-4-6(2)8-5;1-5-3-6(2)8-4-7-5;1-5-3-4-7-6(2)8-5;2*1-5-3-4-6(2)7-5;1-4-6-3-7-5(2)8-4;9*1-2/h3-10H,1-2H3;3-6H,1-2H3;3*3-4H,1-2H3;2*3-4H,1-2H3;3H,1-2H3;9*1-2H3. The molecule has 0 saturated carbocycles. The van der Waals surface area contributed by atoms with Crippen LogP contribution in [0.2, 0.25) is 0 Å². The van der Waals surface area contributed by atoms with E-state index in [0.29, 0.717) is 0 Å². The largest absolute Gasteiger partial charge is 0.467 e. The van der Waals surface area contributed by atoms with E-state index in [9.17, 15) is 0 Å². The van der Waals surface area contributed by atoms with Crippen molar-refractivity contribution in [2.75, 3.05) is 0 Å². The third-order valence-electron chi connectivity index (χ3n) is 10.3. The van der Waals surface area contributed by atoms with E-state index in [1.165, 1.54) is 48.8 Å². The number of aromatic nitrogens is 11. The molecule has 12 nitrogen and oxygen atoms in total. The van der Waals surface area contributed by atoms with Crippen molar-refractivity contribution in [1.29, 1.82) is 0 Å². The monoisotopic (exact) mass is 1280 g/mol. The Hall–Kier alpha value is -8.03. The molecule has 0 amide bonds. The van der Waals surface area contributed by atoms with E-state index in [2.05, 4.69) is 143 Å². The normalized spacial score (nSPS) is 8.54. The lowest BCUT2D eigenvalue weighted by molar-refractivity contribution is 0.504. The van der Waals surface area contributed by atoms with Crippen molar-refractivity contribution >= 4 is 43.8 Å². The van der Waals surface area contributed by atoms with Gasteiger partial charge in [-0.1, -0.05) is 202 Å². The van der Waals surface area contributed by atoms with Crippen molar-refractivity contribution in [3.63, 3.8) is 0 Å². The topological polar surface area (TPSA) is 155 Å². The van der Waals surface area contributed by atoms with Gasteiger partial charge in [0.2, 0.25) is 0 Å². The second-order valence-electron chi connectivity index (χ2n) is 17.6. The van der Waals surface area contributed by atoms with Crippen molar-refractivity contribution in [3.05, 3.63) is 230 Å². The molecule has 0 aliphatic rings. The summed E-state index contributed by atoms with van der Waals surface area (Å²) in [5, 5.41) is 6.50. The molecule has 0 saturated heterocycles. The Morgan fingerprint density at radius 2 is 0.717 bits per heavy atom. The Bertz CT molecular complexity index is 3090. The summed E-state index contributed by atoms with van der Waals surface area (Å²) in [6.45, 7) is 67.6. The Morgan fingerprint density at radius 3 is 1.02 bits per heavy atom. The van der Waals surface area contributed by atoms with Gasteiger partial charge in [-0.25, -0.2) is 44.9 Å². The number of furan rings is 1. The van der Waals surface area contributed by atoms with Crippen LogP contribution < -0.4 is 0 Å². The number of para-hydroxylation sites is 1. The maximum absolute atomic E-state index is 5.08. The minimum absolute atomic E-state index is 0.775. The SMILES string of the molecule is CC.CC.CC.CC.CC.CC.CC.CC.CC.Cc1cc(C)ncn1.Cc1ccc(C)o1.Cc1ccc(C)s1.Cc1ccc2c(ccc3cc(C)ccc32)c1.Cc1ccnc(C)n1.Cc1cncc(C)n1.Cc1nc(C)c2ccccc2n1.Cc1ncnc(C)n1. The Balaban J connectivity index is -0.000000225. The number of hydrogen-bond donors (Lipinski definition) is 0. The molecule has 0 atom stereocenters. The third-order valence-corrected chi connectivity index (χ3v) is 11.3. The molecule has 92 heavy (non-hydrogen) atoms. The minimum atomic E-state index is 0.775. The minimum Gasteiger partial charge on any atom is -0.467 e. The number of aryl methyl sites for hydroxylation is 16. The first-order valence-corrected chi connectivity index (χ1v) is 34.1. The molecule has 0 aliphatic heterocycles. The molecule has 13 heteroatoms. The highest BCUT2D eigenvalue weighted by Crippen LogP contribution is 2.27. The first kappa shape index (κ1) is 95.1. The lowest BCUT2D eigenvalue weighted by Crippen LogP contribution is -1.92. The average Bonchev–Trinajstić information content (AvgIpc) is 1.03. The molecular formula is C79H125N11OS. The van der Waals surface area contributed by atoms with Crippen LogP contribution in [0.1, 0.15) is 214 Å². The molecule has 0 radical (unpaired) electrons. The average molecular weight is 1280 g/mol. The molecule has 11 aromatic rings. The molecular weight excluding hydrogens is 1150 g/mol. The molecule has 508 valence electrons. The highest BCUT2D eigenvalue weighted by molar-refractivity contribution is 7.11. The second-order valence-corrected chi connectivity index (χ2v) is 19.1. The molecule has 0 fully saturated rings. The molecule has 4 aromatic carbocycles. The summed E-state index contributed by atoms with van der Waals surface area (Å²) in [7, 11) is 0. The zero-order chi connectivity index (χ0) is 72.2. The zero-order valence-electron chi connectivity index (χ0n) is 64.0. The number of hydrogen-bond acceptors (Lipinski definition) is 13. The fourth-order valence-electron chi connectivity index (χ4n) is 7.04. The maximum Gasteiger partial charge on any atom is 0.129 e. The van der Waals surface area contributed by atoms with Crippen LogP contribution in [0.25, 0.3) is 32.4 Å². The quantitative estimate of drug-likeness (QED) is 0.133. The first-order chi connectivity index (χ1) is 44.2. The lowest BCUT2D eigenvalue weighted by atomic mass is 9.99. The highest BCUT2D eigenvalue weighted by Gasteiger charge is 2.01. The van der Waals surface area contributed by atoms with Gasteiger partial charge in [0.25, 0.3) is 0 Å². The molecule has 0 unspecified atom stereocenters. The molecule has 11 rings (SSSR count). The van der Waals surface area contributed by atoms with Gasteiger partial charge in [0.1, 0.15) is 47.5 Å².